The molecule has 0 spiro atoms. The van der Waals surface area contributed by atoms with Gasteiger partial charge in [-0.15, -0.1) is 0 Å². The lowest BCUT2D eigenvalue weighted by atomic mass is 9.93. The monoisotopic (exact) mass is 400 g/mol. The number of aliphatic carboxylic acids is 1. The van der Waals surface area contributed by atoms with Gasteiger partial charge < -0.3 is 19.3 Å². The first-order valence-corrected chi connectivity index (χ1v) is 9.72. The predicted octanol–water partition coefficient (Wildman–Crippen LogP) is 3.44. The first-order valence-electron chi connectivity index (χ1n) is 9.72. The van der Waals surface area contributed by atoms with Gasteiger partial charge in [-0.1, -0.05) is 12.5 Å². The quantitative estimate of drug-likeness (QED) is 0.762. The number of aromatic nitrogens is 1. The van der Waals surface area contributed by atoms with E-state index in [0.29, 0.717) is 30.2 Å². The highest BCUT2D eigenvalue weighted by Gasteiger charge is 2.36. The van der Waals surface area contributed by atoms with E-state index in [-0.39, 0.29) is 6.04 Å². The molecule has 7 nitrogen and oxygen atoms in total. The summed E-state index contributed by atoms with van der Waals surface area (Å²) in [7, 11) is 4.70. The van der Waals surface area contributed by atoms with Gasteiger partial charge in [-0.05, 0) is 56.1 Å². The minimum atomic E-state index is -0.810. The Kier molecular flexibility index (Phi) is 6.59. The third-order valence-electron chi connectivity index (χ3n) is 5.35. The smallest absolute Gasteiger partial charge is 0.320 e. The Balaban J connectivity index is 2.19. The Morgan fingerprint density at radius 3 is 2.38 bits per heavy atom. The van der Waals surface area contributed by atoms with Gasteiger partial charge in [0, 0.05) is 5.69 Å². The lowest BCUT2D eigenvalue weighted by Crippen LogP contribution is -2.47. The Bertz CT molecular complexity index is 845. The van der Waals surface area contributed by atoms with Crippen LogP contribution in [0.4, 0.5) is 0 Å². The van der Waals surface area contributed by atoms with Crippen LogP contribution in [-0.2, 0) is 4.79 Å². The van der Waals surface area contributed by atoms with Crippen LogP contribution in [0.1, 0.15) is 42.3 Å². The van der Waals surface area contributed by atoms with Gasteiger partial charge in [0.1, 0.15) is 6.04 Å². The number of aryl methyl sites for hydroxylation is 1. The Morgan fingerprint density at radius 2 is 1.83 bits per heavy atom. The molecule has 2 unspecified atom stereocenters. The normalized spacial score (nSPS) is 18.1. The highest BCUT2D eigenvalue weighted by Crippen LogP contribution is 2.43. The van der Waals surface area contributed by atoms with Crippen LogP contribution in [0.2, 0.25) is 0 Å². The zero-order valence-electron chi connectivity index (χ0n) is 17.3. The van der Waals surface area contributed by atoms with Gasteiger partial charge in [0.15, 0.2) is 11.5 Å². The molecule has 0 amide bonds. The first kappa shape index (κ1) is 20.9. The molecule has 1 saturated heterocycles. The molecule has 1 aromatic heterocycles. The van der Waals surface area contributed by atoms with Crippen molar-refractivity contribution in [2.45, 2.75) is 38.3 Å². The average molecular weight is 400 g/mol. The molecule has 1 fully saturated rings. The number of hydrogen-bond acceptors (Lipinski definition) is 6. The highest BCUT2D eigenvalue weighted by molar-refractivity contribution is 5.73. The largest absolute Gasteiger partial charge is 0.493 e. The molecule has 1 aromatic carbocycles. The molecule has 1 aliphatic rings. The SMILES string of the molecule is COc1cc(C(c2cccc(C)n2)N2CCCCC2C(=O)O)cc(OC)c1OC. The molecular formula is C22H28N2O5. The van der Waals surface area contributed by atoms with Crippen LogP contribution < -0.4 is 14.2 Å². The summed E-state index contributed by atoms with van der Waals surface area (Å²) in [4.78, 5) is 18.8. The summed E-state index contributed by atoms with van der Waals surface area (Å²) in [5, 5.41) is 9.86. The molecule has 2 atom stereocenters. The second-order valence-electron chi connectivity index (χ2n) is 7.15. The van der Waals surface area contributed by atoms with Crippen molar-refractivity contribution in [3.8, 4) is 17.2 Å². The number of nitrogens with zero attached hydrogens (tertiary/aromatic N) is 2. The van der Waals surface area contributed by atoms with Gasteiger partial charge in [0.05, 0.1) is 33.1 Å². The summed E-state index contributed by atoms with van der Waals surface area (Å²) in [6.45, 7) is 2.61. The van der Waals surface area contributed by atoms with Crippen molar-refractivity contribution in [1.82, 2.24) is 9.88 Å². The standard InChI is InChI=1S/C22H28N2O5/c1-14-8-7-9-16(23-14)20(24-11-6-5-10-17(24)22(25)26)15-12-18(27-2)21(29-4)19(13-15)28-3/h7-9,12-13,17,20H,5-6,10-11H2,1-4H3,(H,25,26). The van der Waals surface area contributed by atoms with Crippen LogP contribution in [0.5, 0.6) is 17.2 Å². The molecule has 0 bridgehead atoms. The maximum Gasteiger partial charge on any atom is 0.320 e. The second kappa shape index (κ2) is 9.13. The van der Waals surface area contributed by atoms with Crippen LogP contribution in [0.3, 0.4) is 0 Å². The third-order valence-corrected chi connectivity index (χ3v) is 5.35. The molecule has 1 N–H and O–H groups in total. The molecule has 29 heavy (non-hydrogen) atoms. The molecule has 2 aromatic rings. The number of piperidine rings is 1. The summed E-state index contributed by atoms with van der Waals surface area (Å²) < 4.78 is 16.5. The fourth-order valence-corrected chi connectivity index (χ4v) is 4.04. The van der Waals surface area contributed by atoms with Crippen LogP contribution in [0.25, 0.3) is 0 Å². The molecule has 3 rings (SSSR count). The Labute approximate surface area is 171 Å². The van der Waals surface area contributed by atoms with Crippen LogP contribution in [0.15, 0.2) is 30.3 Å². The Morgan fingerprint density at radius 1 is 1.14 bits per heavy atom. The molecule has 0 radical (unpaired) electrons. The molecule has 1 aliphatic heterocycles. The van der Waals surface area contributed by atoms with Gasteiger partial charge >= 0.3 is 5.97 Å². The zero-order valence-corrected chi connectivity index (χ0v) is 17.3. The van der Waals surface area contributed by atoms with E-state index >= 15 is 0 Å². The number of methoxy groups -OCH3 is 3. The van der Waals surface area contributed by atoms with Crippen molar-refractivity contribution < 1.29 is 24.1 Å². The molecule has 2 heterocycles. The van der Waals surface area contributed by atoms with Gasteiger partial charge in [-0.25, -0.2) is 0 Å². The van der Waals surface area contributed by atoms with Gasteiger partial charge in [0.2, 0.25) is 5.75 Å². The summed E-state index contributed by atoms with van der Waals surface area (Å²) in [5.74, 6) is 0.754. The number of carboxylic acid groups (broad SMARTS) is 1. The minimum Gasteiger partial charge on any atom is -0.493 e. The fraction of sp³-hybridized carbons (Fsp3) is 0.455. The van der Waals surface area contributed by atoms with Crippen molar-refractivity contribution >= 4 is 5.97 Å². The topological polar surface area (TPSA) is 81.1 Å². The lowest BCUT2D eigenvalue weighted by Gasteiger charge is -2.39. The number of hydrogen-bond donors (Lipinski definition) is 1. The highest BCUT2D eigenvalue weighted by atomic mass is 16.5. The van der Waals surface area contributed by atoms with E-state index < -0.39 is 12.0 Å². The number of likely N-dealkylation sites (tertiary alicyclic amines) is 1. The molecule has 0 aliphatic carbocycles. The van der Waals surface area contributed by atoms with Gasteiger partial charge in [0.25, 0.3) is 0 Å². The van der Waals surface area contributed by atoms with Crippen molar-refractivity contribution in [3.63, 3.8) is 0 Å². The van der Waals surface area contributed by atoms with E-state index in [2.05, 4.69) is 0 Å². The Hall–Kier alpha value is -2.80. The van der Waals surface area contributed by atoms with Crippen LogP contribution in [-0.4, -0.2) is 54.9 Å². The second-order valence-corrected chi connectivity index (χ2v) is 7.15. The summed E-state index contributed by atoms with van der Waals surface area (Å²) in [5.41, 5.74) is 2.53. The van der Waals surface area contributed by atoms with Crippen molar-refractivity contribution in [2.24, 2.45) is 0 Å². The predicted molar refractivity (Wildman–Crippen MR) is 109 cm³/mol. The van der Waals surface area contributed by atoms with E-state index in [0.717, 1.165) is 29.8 Å². The number of ether oxygens (including phenoxy) is 3. The van der Waals surface area contributed by atoms with E-state index in [9.17, 15) is 9.90 Å². The van der Waals surface area contributed by atoms with Crippen LogP contribution in [0, 0.1) is 6.92 Å². The molecule has 156 valence electrons. The summed E-state index contributed by atoms with van der Waals surface area (Å²) in [6, 6.07) is 8.66. The first-order chi connectivity index (χ1) is 14.0. The fourth-order valence-electron chi connectivity index (χ4n) is 4.04. The zero-order chi connectivity index (χ0) is 21.0. The molecular weight excluding hydrogens is 372 g/mol. The number of carbonyl (C=O) groups is 1. The van der Waals surface area contributed by atoms with Crippen molar-refractivity contribution in [3.05, 3.63) is 47.3 Å². The van der Waals surface area contributed by atoms with Gasteiger partial charge in [-0.3, -0.25) is 14.7 Å². The average Bonchev–Trinajstić information content (AvgIpc) is 2.73. The third kappa shape index (κ3) is 4.29. The van der Waals surface area contributed by atoms with E-state index in [1.807, 2.05) is 42.2 Å². The maximum absolute atomic E-state index is 12.0. The van der Waals surface area contributed by atoms with E-state index in [1.54, 1.807) is 21.3 Å². The molecule has 7 heteroatoms. The lowest BCUT2D eigenvalue weighted by molar-refractivity contribution is -0.145. The number of pyridine rings is 1. The number of rotatable bonds is 7. The van der Waals surface area contributed by atoms with E-state index in [4.69, 9.17) is 19.2 Å². The van der Waals surface area contributed by atoms with Crippen LogP contribution >= 0.6 is 0 Å². The van der Waals surface area contributed by atoms with Crippen molar-refractivity contribution in [2.75, 3.05) is 27.9 Å². The van der Waals surface area contributed by atoms with Crippen molar-refractivity contribution in [1.29, 1.82) is 0 Å². The molecule has 0 saturated carbocycles. The van der Waals surface area contributed by atoms with Gasteiger partial charge in [-0.2, -0.15) is 0 Å². The number of benzene rings is 1. The minimum absolute atomic E-state index is 0.343. The van der Waals surface area contributed by atoms with E-state index in [1.165, 1.54) is 0 Å². The summed E-state index contributed by atoms with van der Waals surface area (Å²) in [6.07, 6.45) is 2.45. The summed E-state index contributed by atoms with van der Waals surface area (Å²) >= 11 is 0. The number of carboxylic acids is 1. The maximum atomic E-state index is 12.0.